The topological polar surface area (TPSA) is 41.6 Å². The molecule has 0 atom stereocenters. The van der Waals surface area contributed by atoms with Crippen molar-refractivity contribution in [3.05, 3.63) is 94.3 Å². The van der Waals surface area contributed by atoms with Crippen LogP contribution in [0.15, 0.2) is 88.7 Å². The van der Waals surface area contributed by atoms with E-state index in [9.17, 15) is 4.79 Å². The lowest BCUT2D eigenvalue weighted by atomic mass is 9.98. The summed E-state index contributed by atoms with van der Waals surface area (Å²) in [4.78, 5) is 12.2. The lowest BCUT2D eigenvalue weighted by Gasteiger charge is -2.25. The van der Waals surface area contributed by atoms with E-state index in [2.05, 4.69) is 41.8 Å². The molecule has 4 rings (SSSR count). The maximum absolute atomic E-state index is 12.2. The van der Waals surface area contributed by atoms with E-state index >= 15 is 0 Å². The summed E-state index contributed by atoms with van der Waals surface area (Å²) in [5.41, 5.74) is 9.03. The monoisotopic (exact) mass is 378 g/mol. The Kier molecular flexibility index (Phi) is 4.73. The minimum atomic E-state index is -0.387. The molecule has 5 heteroatoms. The van der Waals surface area contributed by atoms with Crippen LogP contribution in [0.1, 0.15) is 12.0 Å². The summed E-state index contributed by atoms with van der Waals surface area (Å²) in [6.45, 7) is 0.621. The van der Waals surface area contributed by atoms with Gasteiger partial charge in [0.25, 0.3) is 0 Å². The third kappa shape index (κ3) is 3.49. The van der Waals surface area contributed by atoms with Gasteiger partial charge in [0, 0.05) is 23.2 Å². The van der Waals surface area contributed by atoms with Gasteiger partial charge in [-0.1, -0.05) is 66.2 Å². The number of hydrogen-bond acceptors (Lipinski definition) is 4. The summed E-state index contributed by atoms with van der Waals surface area (Å²) < 4.78 is 4.93. The second-order valence-electron chi connectivity index (χ2n) is 6.47. The SMILES string of the molecule is COC(=O)C1=C2C(=CNN2Cc2ccc(-c3ccccc3)cc2)CC(Cl)=C1. The Morgan fingerprint density at radius 2 is 1.81 bits per heavy atom. The van der Waals surface area contributed by atoms with Crippen LogP contribution in [0.3, 0.4) is 0 Å². The predicted octanol–water partition coefficient (Wildman–Crippen LogP) is 4.51. The van der Waals surface area contributed by atoms with Gasteiger partial charge in [0.05, 0.1) is 24.9 Å². The zero-order valence-electron chi connectivity index (χ0n) is 14.9. The fourth-order valence-electron chi connectivity index (χ4n) is 3.38. The smallest absolute Gasteiger partial charge is 0.340 e. The van der Waals surface area contributed by atoms with Crippen molar-refractivity contribution in [1.29, 1.82) is 0 Å². The summed E-state index contributed by atoms with van der Waals surface area (Å²) in [5.74, 6) is -0.387. The van der Waals surface area contributed by atoms with Crippen LogP contribution in [0, 0.1) is 0 Å². The normalized spacial score (nSPS) is 15.7. The summed E-state index contributed by atoms with van der Waals surface area (Å²) >= 11 is 6.19. The molecule has 1 N–H and O–H groups in total. The van der Waals surface area contributed by atoms with Crippen molar-refractivity contribution < 1.29 is 9.53 Å². The standard InChI is InChI=1S/C22H19ClN2O2/c1-27-22(26)20-12-19(23)11-18-13-24-25(21(18)20)14-15-7-9-17(10-8-15)16-5-3-2-4-6-16/h2-10,12-13,24H,11,14H2,1H3. The second kappa shape index (κ2) is 7.33. The number of nitrogens with zero attached hydrogens (tertiary/aromatic N) is 1. The Morgan fingerprint density at radius 3 is 2.52 bits per heavy atom. The summed E-state index contributed by atoms with van der Waals surface area (Å²) in [6, 6.07) is 18.7. The summed E-state index contributed by atoms with van der Waals surface area (Å²) in [5, 5.41) is 2.58. The molecule has 1 aliphatic heterocycles. The Balaban J connectivity index is 1.59. The molecule has 0 unspecified atom stereocenters. The Hall–Kier alpha value is -2.98. The Labute approximate surface area is 163 Å². The van der Waals surface area contributed by atoms with E-state index in [-0.39, 0.29) is 5.97 Å². The predicted molar refractivity (Wildman–Crippen MR) is 106 cm³/mol. The largest absolute Gasteiger partial charge is 0.465 e. The van der Waals surface area contributed by atoms with Gasteiger partial charge in [0.15, 0.2) is 0 Å². The van der Waals surface area contributed by atoms with Gasteiger partial charge in [-0.15, -0.1) is 0 Å². The molecule has 27 heavy (non-hydrogen) atoms. The number of fused-ring (bicyclic) bond motifs is 1. The molecule has 136 valence electrons. The van der Waals surface area contributed by atoms with Crippen LogP contribution in [0.4, 0.5) is 0 Å². The molecule has 0 saturated heterocycles. The molecule has 2 aromatic carbocycles. The van der Waals surface area contributed by atoms with Gasteiger partial charge >= 0.3 is 5.97 Å². The summed E-state index contributed by atoms with van der Waals surface area (Å²) in [6.07, 6.45) is 4.19. The molecule has 2 aromatic rings. The van der Waals surface area contributed by atoms with Crippen LogP contribution in [0.25, 0.3) is 11.1 Å². The number of allylic oxidation sites excluding steroid dienone is 2. The lowest BCUT2D eigenvalue weighted by molar-refractivity contribution is -0.135. The third-order valence-electron chi connectivity index (χ3n) is 4.69. The quantitative estimate of drug-likeness (QED) is 0.795. The molecule has 2 aliphatic rings. The number of halogens is 1. The van der Waals surface area contributed by atoms with Crippen LogP contribution in [-0.2, 0) is 16.1 Å². The van der Waals surface area contributed by atoms with Crippen LogP contribution >= 0.6 is 11.6 Å². The van der Waals surface area contributed by atoms with Gasteiger partial charge in [-0.25, -0.2) is 4.79 Å². The lowest BCUT2D eigenvalue weighted by Crippen LogP contribution is -2.30. The number of hydrazine groups is 1. The molecule has 1 heterocycles. The number of carbonyl (C=O) groups is 1. The highest BCUT2D eigenvalue weighted by Crippen LogP contribution is 2.36. The molecule has 0 radical (unpaired) electrons. The van der Waals surface area contributed by atoms with Gasteiger partial charge in [-0.05, 0) is 22.8 Å². The van der Waals surface area contributed by atoms with Crippen molar-refractivity contribution in [2.75, 3.05) is 7.11 Å². The van der Waals surface area contributed by atoms with E-state index < -0.39 is 0 Å². The highest BCUT2D eigenvalue weighted by molar-refractivity contribution is 6.30. The Morgan fingerprint density at radius 1 is 1.11 bits per heavy atom. The number of benzene rings is 2. The van der Waals surface area contributed by atoms with E-state index in [4.69, 9.17) is 16.3 Å². The first kappa shape index (κ1) is 17.4. The van der Waals surface area contributed by atoms with Gasteiger partial charge < -0.3 is 10.2 Å². The van der Waals surface area contributed by atoms with Gasteiger partial charge in [-0.3, -0.25) is 5.01 Å². The number of carbonyl (C=O) groups excluding carboxylic acids is 1. The van der Waals surface area contributed by atoms with Crippen LogP contribution in [0.2, 0.25) is 0 Å². The van der Waals surface area contributed by atoms with E-state index in [1.165, 1.54) is 18.2 Å². The number of nitrogens with one attached hydrogen (secondary N) is 1. The first-order chi connectivity index (χ1) is 13.2. The van der Waals surface area contributed by atoms with Gasteiger partial charge in [0.2, 0.25) is 0 Å². The van der Waals surface area contributed by atoms with E-state index in [0.29, 0.717) is 23.6 Å². The van der Waals surface area contributed by atoms with Crippen LogP contribution < -0.4 is 5.43 Å². The first-order valence-electron chi connectivity index (χ1n) is 8.72. The molecule has 0 saturated carbocycles. The minimum Gasteiger partial charge on any atom is -0.465 e. The molecule has 1 aliphatic carbocycles. The molecular weight excluding hydrogens is 360 g/mol. The van der Waals surface area contributed by atoms with Crippen LogP contribution in [0.5, 0.6) is 0 Å². The first-order valence-corrected chi connectivity index (χ1v) is 9.09. The molecular formula is C22H19ClN2O2. The average molecular weight is 379 g/mol. The number of methoxy groups -OCH3 is 1. The fraction of sp³-hybridized carbons (Fsp3) is 0.136. The van der Waals surface area contributed by atoms with E-state index in [1.54, 1.807) is 6.08 Å². The molecule has 0 fully saturated rings. The highest BCUT2D eigenvalue weighted by atomic mass is 35.5. The second-order valence-corrected chi connectivity index (χ2v) is 6.96. The molecule has 0 amide bonds. The van der Waals surface area contributed by atoms with Crippen molar-refractivity contribution in [2.45, 2.75) is 13.0 Å². The highest BCUT2D eigenvalue weighted by Gasteiger charge is 2.30. The summed E-state index contributed by atoms with van der Waals surface area (Å²) in [7, 11) is 1.38. The maximum atomic E-state index is 12.2. The average Bonchev–Trinajstić information content (AvgIpc) is 3.10. The number of esters is 1. The molecule has 0 aromatic heterocycles. The molecule has 4 nitrogen and oxygen atoms in total. The van der Waals surface area contributed by atoms with E-state index in [0.717, 1.165) is 16.8 Å². The van der Waals surface area contributed by atoms with Gasteiger partial charge in [0.1, 0.15) is 0 Å². The van der Waals surface area contributed by atoms with Crippen molar-refractivity contribution >= 4 is 17.6 Å². The third-order valence-corrected chi connectivity index (χ3v) is 4.93. The van der Waals surface area contributed by atoms with Crippen molar-refractivity contribution in [3.63, 3.8) is 0 Å². The number of hydrogen-bond donors (Lipinski definition) is 1. The van der Waals surface area contributed by atoms with E-state index in [1.807, 2.05) is 29.4 Å². The fourth-order valence-corrected chi connectivity index (χ4v) is 3.63. The zero-order valence-corrected chi connectivity index (χ0v) is 15.7. The number of ether oxygens (including phenoxy) is 1. The zero-order chi connectivity index (χ0) is 18.8. The van der Waals surface area contributed by atoms with Crippen LogP contribution in [-0.4, -0.2) is 18.1 Å². The van der Waals surface area contributed by atoms with Crippen molar-refractivity contribution in [3.8, 4) is 11.1 Å². The Bertz CT molecular complexity index is 960. The maximum Gasteiger partial charge on any atom is 0.340 e. The van der Waals surface area contributed by atoms with Gasteiger partial charge in [-0.2, -0.15) is 0 Å². The van der Waals surface area contributed by atoms with Crippen molar-refractivity contribution in [2.24, 2.45) is 0 Å². The molecule has 0 spiro atoms. The van der Waals surface area contributed by atoms with Crippen molar-refractivity contribution in [1.82, 2.24) is 10.4 Å². The minimum absolute atomic E-state index is 0.387. The number of rotatable bonds is 4. The molecule has 0 bridgehead atoms.